The second-order valence-corrected chi connectivity index (χ2v) is 5.22. The lowest BCUT2D eigenvalue weighted by Gasteiger charge is -2.11. The molecule has 2 rings (SSSR count). The number of hydrogen-bond donors (Lipinski definition) is 3. The Morgan fingerprint density at radius 3 is 2.80 bits per heavy atom. The van der Waals surface area contributed by atoms with Crippen molar-refractivity contribution in [3.63, 3.8) is 0 Å². The quantitative estimate of drug-likeness (QED) is 0.573. The second-order valence-electron chi connectivity index (χ2n) is 3.89. The van der Waals surface area contributed by atoms with Crippen molar-refractivity contribution in [3.05, 3.63) is 40.9 Å². The van der Waals surface area contributed by atoms with E-state index in [4.69, 9.17) is 0 Å². The van der Waals surface area contributed by atoms with Gasteiger partial charge in [-0.15, -0.1) is 0 Å². The van der Waals surface area contributed by atoms with Crippen LogP contribution in [0.25, 0.3) is 0 Å². The van der Waals surface area contributed by atoms with Gasteiger partial charge >= 0.3 is 0 Å². The fraction of sp³-hybridized carbons (Fsp3) is 0.167. The number of nitrogens with one attached hydrogen (secondary N) is 2. The first kappa shape index (κ1) is 14.1. The number of H-pyrrole nitrogens is 1. The third kappa shape index (κ3) is 3.82. The first-order valence-corrected chi connectivity index (χ1v) is 6.60. The first-order valence-electron chi connectivity index (χ1n) is 5.72. The van der Waals surface area contributed by atoms with Crippen molar-refractivity contribution in [2.45, 2.75) is 17.3 Å². The summed E-state index contributed by atoms with van der Waals surface area (Å²) in [7, 11) is 0. The summed E-state index contributed by atoms with van der Waals surface area (Å²) >= 11 is 1.04. The van der Waals surface area contributed by atoms with Crippen molar-refractivity contribution in [1.82, 2.24) is 15.0 Å². The van der Waals surface area contributed by atoms with E-state index in [-0.39, 0.29) is 16.9 Å². The van der Waals surface area contributed by atoms with Gasteiger partial charge in [-0.25, -0.2) is 0 Å². The van der Waals surface area contributed by atoms with Crippen LogP contribution >= 0.6 is 11.8 Å². The molecular formula is C12H12N4O3S. The van der Waals surface area contributed by atoms with Crippen molar-refractivity contribution >= 4 is 23.4 Å². The highest BCUT2D eigenvalue weighted by Gasteiger charge is 2.16. The van der Waals surface area contributed by atoms with Crippen LogP contribution in [0.1, 0.15) is 6.92 Å². The second kappa shape index (κ2) is 6.20. The van der Waals surface area contributed by atoms with Crippen molar-refractivity contribution < 1.29 is 9.90 Å². The minimum Gasteiger partial charge on any atom is -0.493 e. The Hall–Kier alpha value is -2.35. The number of anilines is 1. The van der Waals surface area contributed by atoms with E-state index in [1.54, 1.807) is 31.5 Å². The summed E-state index contributed by atoms with van der Waals surface area (Å²) in [4.78, 5) is 33.2. The maximum Gasteiger partial charge on any atom is 0.255 e. The highest BCUT2D eigenvalue weighted by atomic mass is 32.2. The average Bonchev–Trinajstić information content (AvgIpc) is 2.38. The Labute approximate surface area is 118 Å². The van der Waals surface area contributed by atoms with E-state index >= 15 is 0 Å². The molecule has 2 heterocycles. The normalized spacial score (nSPS) is 11.8. The largest absolute Gasteiger partial charge is 0.493 e. The van der Waals surface area contributed by atoms with Gasteiger partial charge in [0.25, 0.3) is 5.56 Å². The molecule has 0 fully saturated rings. The van der Waals surface area contributed by atoms with Crippen molar-refractivity contribution in [1.29, 1.82) is 0 Å². The van der Waals surface area contributed by atoms with Crippen molar-refractivity contribution in [2.24, 2.45) is 0 Å². The number of rotatable bonds is 4. The maximum absolute atomic E-state index is 12.0. The van der Waals surface area contributed by atoms with Crippen molar-refractivity contribution in [3.8, 4) is 5.88 Å². The molecule has 0 spiro atoms. The van der Waals surface area contributed by atoms with Gasteiger partial charge in [0.1, 0.15) is 0 Å². The number of aromatic nitrogens is 3. The van der Waals surface area contributed by atoms with Crippen LogP contribution in [-0.2, 0) is 4.79 Å². The van der Waals surface area contributed by atoms with E-state index in [2.05, 4.69) is 20.3 Å². The molecule has 0 aliphatic heterocycles. The molecule has 0 saturated heterocycles. The van der Waals surface area contributed by atoms with Gasteiger partial charge in [0.05, 0.1) is 11.3 Å². The van der Waals surface area contributed by atoms with Gasteiger partial charge in [0, 0.05) is 18.1 Å². The van der Waals surface area contributed by atoms with Gasteiger partial charge < -0.3 is 15.4 Å². The SMILES string of the molecule is CC(Sc1nc(O)cc(=O)[nH]1)C(=O)Nc1ccncc1. The zero-order valence-corrected chi connectivity index (χ0v) is 11.3. The number of amides is 1. The monoisotopic (exact) mass is 292 g/mol. The summed E-state index contributed by atoms with van der Waals surface area (Å²) in [5.74, 6) is -0.620. The first-order chi connectivity index (χ1) is 9.54. The van der Waals surface area contributed by atoms with Crippen LogP contribution < -0.4 is 10.9 Å². The fourth-order valence-corrected chi connectivity index (χ4v) is 2.19. The number of hydrogen-bond acceptors (Lipinski definition) is 6. The Morgan fingerprint density at radius 2 is 2.15 bits per heavy atom. The zero-order valence-electron chi connectivity index (χ0n) is 10.5. The fourth-order valence-electron chi connectivity index (χ4n) is 1.38. The zero-order chi connectivity index (χ0) is 14.5. The number of carbonyl (C=O) groups excluding carboxylic acids is 1. The number of nitrogens with zero attached hydrogens (tertiary/aromatic N) is 2. The van der Waals surface area contributed by atoms with Crippen molar-refractivity contribution in [2.75, 3.05) is 5.32 Å². The Bertz CT molecular complexity index is 659. The molecule has 0 radical (unpaired) electrons. The summed E-state index contributed by atoms with van der Waals surface area (Å²) < 4.78 is 0. The summed E-state index contributed by atoms with van der Waals surface area (Å²) in [5, 5.41) is 11.6. The minimum atomic E-state index is -0.492. The lowest BCUT2D eigenvalue weighted by Crippen LogP contribution is -2.23. The Kier molecular flexibility index (Phi) is 4.36. The molecule has 3 N–H and O–H groups in total. The predicted molar refractivity (Wildman–Crippen MR) is 74.7 cm³/mol. The molecule has 8 heteroatoms. The number of carbonyl (C=O) groups is 1. The highest BCUT2D eigenvalue weighted by Crippen LogP contribution is 2.20. The van der Waals surface area contributed by atoms with E-state index in [1.807, 2.05) is 0 Å². The van der Waals surface area contributed by atoms with Gasteiger partial charge in [-0.05, 0) is 19.1 Å². The van der Waals surface area contributed by atoms with Gasteiger partial charge in [0.15, 0.2) is 5.16 Å². The van der Waals surface area contributed by atoms with Gasteiger partial charge in [0.2, 0.25) is 11.8 Å². The lowest BCUT2D eigenvalue weighted by molar-refractivity contribution is -0.115. The lowest BCUT2D eigenvalue weighted by atomic mass is 10.3. The summed E-state index contributed by atoms with van der Waals surface area (Å²) in [5.41, 5.74) is 0.163. The molecule has 1 unspecified atom stereocenters. The molecule has 0 aliphatic carbocycles. The maximum atomic E-state index is 12.0. The third-order valence-electron chi connectivity index (χ3n) is 2.31. The standard InChI is InChI=1S/C12H12N4O3S/c1-7(11(19)14-8-2-4-13-5-3-8)20-12-15-9(17)6-10(18)16-12/h2-7H,1H3,(H,13,14,19)(H2,15,16,17,18). The Morgan fingerprint density at radius 1 is 1.45 bits per heavy atom. The predicted octanol–water partition coefficient (Wildman–Crippen LogP) is 0.990. The van der Waals surface area contributed by atoms with Crippen LogP contribution in [-0.4, -0.2) is 31.2 Å². The number of aromatic amines is 1. The van der Waals surface area contributed by atoms with Gasteiger partial charge in [-0.3, -0.25) is 14.6 Å². The summed E-state index contributed by atoms with van der Waals surface area (Å²) in [6.07, 6.45) is 3.14. The van der Waals surface area contributed by atoms with E-state index in [0.29, 0.717) is 5.69 Å². The smallest absolute Gasteiger partial charge is 0.255 e. The number of pyridine rings is 1. The molecule has 0 aliphatic rings. The third-order valence-corrected chi connectivity index (χ3v) is 3.30. The molecule has 0 aromatic carbocycles. The molecule has 1 atom stereocenters. The van der Waals surface area contributed by atoms with E-state index < -0.39 is 10.8 Å². The van der Waals surface area contributed by atoms with E-state index in [9.17, 15) is 14.7 Å². The summed E-state index contributed by atoms with van der Waals surface area (Å²) in [6, 6.07) is 4.30. The number of thioether (sulfide) groups is 1. The Balaban J connectivity index is 2.02. The molecule has 1 amide bonds. The average molecular weight is 292 g/mol. The molecular weight excluding hydrogens is 280 g/mol. The molecule has 2 aromatic heterocycles. The van der Waals surface area contributed by atoms with Crippen LogP contribution in [0.3, 0.4) is 0 Å². The molecule has 0 bridgehead atoms. The molecule has 0 saturated carbocycles. The molecule has 7 nitrogen and oxygen atoms in total. The minimum absolute atomic E-state index is 0.187. The van der Waals surface area contributed by atoms with Gasteiger partial charge in [-0.1, -0.05) is 11.8 Å². The van der Waals surface area contributed by atoms with E-state index in [0.717, 1.165) is 17.8 Å². The van der Waals surface area contributed by atoms with Crippen LogP contribution in [0, 0.1) is 0 Å². The van der Waals surface area contributed by atoms with Crippen LogP contribution in [0.2, 0.25) is 0 Å². The van der Waals surface area contributed by atoms with Crippen LogP contribution in [0.4, 0.5) is 5.69 Å². The highest BCUT2D eigenvalue weighted by molar-refractivity contribution is 8.00. The van der Waals surface area contributed by atoms with E-state index in [1.165, 1.54) is 0 Å². The topological polar surface area (TPSA) is 108 Å². The summed E-state index contributed by atoms with van der Waals surface area (Å²) in [6.45, 7) is 1.67. The molecule has 104 valence electrons. The van der Waals surface area contributed by atoms with Crippen LogP contribution in [0.5, 0.6) is 5.88 Å². The number of aromatic hydroxyl groups is 1. The van der Waals surface area contributed by atoms with Gasteiger partial charge in [-0.2, -0.15) is 4.98 Å². The molecule has 2 aromatic rings. The van der Waals surface area contributed by atoms with Crippen LogP contribution in [0.15, 0.2) is 40.5 Å². The molecule has 20 heavy (non-hydrogen) atoms.